The Kier molecular flexibility index (Phi) is 8.13. The molecule has 0 spiro atoms. The lowest BCUT2D eigenvalue weighted by Crippen LogP contribution is -2.49. The number of nitrogens with zero attached hydrogens (tertiary/aromatic N) is 1. The molecule has 1 aliphatic heterocycles. The van der Waals surface area contributed by atoms with E-state index in [0.717, 1.165) is 0 Å². The number of hydrogen-bond acceptors (Lipinski definition) is 6. The average molecular weight is 457 g/mol. The Morgan fingerprint density at radius 3 is 2.52 bits per heavy atom. The van der Waals surface area contributed by atoms with E-state index in [2.05, 4.69) is 16.0 Å². The predicted molar refractivity (Wildman–Crippen MR) is 127 cm³/mol. The number of rotatable bonds is 7. The van der Waals surface area contributed by atoms with Crippen LogP contribution in [0.15, 0.2) is 42.5 Å². The zero-order valence-electron chi connectivity index (χ0n) is 19.4. The van der Waals surface area contributed by atoms with Crippen molar-refractivity contribution in [2.45, 2.75) is 26.0 Å². The first-order valence-electron chi connectivity index (χ1n) is 11.0. The predicted octanol–water partition coefficient (Wildman–Crippen LogP) is 2.78. The maximum Gasteiger partial charge on any atom is 0.323 e. The Bertz CT molecular complexity index is 966. The topological polar surface area (TPSA) is 112 Å². The van der Waals surface area contributed by atoms with Crippen LogP contribution in [0.3, 0.4) is 0 Å². The summed E-state index contributed by atoms with van der Waals surface area (Å²) in [7, 11) is 3.42. The van der Waals surface area contributed by atoms with Gasteiger partial charge in [0.1, 0.15) is 17.6 Å². The number of fused-ring (bicyclic) bond motifs is 1. The van der Waals surface area contributed by atoms with E-state index in [4.69, 9.17) is 9.47 Å². The van der Waals surface area contributed by atoms with Crippen LogP contribution in [0.1, 0.15) is 24.2 Å². The summed E-state index contributed by atoms with van der Waals surface area (Å²) >= 11 is 0. The number of ether oxygens (including phenoxy) is 2. The third kappa shape index (κ3) is 5.94. The van der Waals surface area contributed by atoms with Crippen molar-refractivity contribution in [3.8, 4) is 11.5 Å². The molecule has 0 saturated heterocycles. The van der Waals surface area contributed by atoms with E-state index in [9.17, 15) is 14.7 Å². The van der Waals surface area contributed by atoms with Crippen LogP contribution < -0.4 is 25.4 Å². The lowest BCUT2D eigenvalue weighted by atomic mass is 9.99. The molecule has 0 aliphatic carbocycles. The van der Waals surface area contributed by atoms with E-state index in [1.165, 1.54) is 0 Å². The first-order chi connectivity index (χ1) is 15.9. The second kappa shape index (κ2) is 11.0. The van der Waals surface area contributed by atoms with Crippen LogP contribution in [0.5, 0.6) is 11.5 Å². The monoisotopic (exact) mass is 456 g/mol. The number of aliphatic hydroxyl groups excluding tert-OH is 1. The van der Waals surface area contributed by atoms with Crippen LogP contribution in [-0.2, 0) is 0 Å². The summed E-state index contributed by atoms with van der Waals surface area (Å²) in [5, 5.41) is 18.3. The molecule has 0 unspecified atom stereocenters. The minimum Gasteiger partial charge on any atom is -0.497 e. The summed E-state index contributed by atoms with van der Waals surface area (Å²) in [4.78, 5) is 27.5. The van der Waals surface area contributed by atoms with Crippen LogP contribution in [-0.4, -0.2) is 67.9 Å². The van der Waals surface area contributed by atoms with Crippen molar-refractivity contribution in [1.82, 2.24) is 10.2 Å². The van der Waals surface area contributed by atoms with E-state index in [1.54, 1.807) is 54.5 Å². The molecular weight excluding hydrogens is 424 g/mol. The van der Waals surface area contributed by atoms with E-state index in [1.807, 2.05) is 20.9 Å². The molecule has 9 heteroatoms. The molecule has 1 aliphatic rings. The van der Waals surface area contributed by atoms with Crippen molar-refractivity contribution >= 4 is 23.3 Å². The van der Waals surface area contributed by atoms with Crippen molar-refractivity contribution in [2.75, 3.05) is 44.5 Å². The van der Waals surface area contributed by atoms with Crippen molar-refractivity contribution < 1.29 is 24.2 Å². The first-order valence-corrected chi connectivity index (χ1v) is 11.0. The second-order valence-corrected chi connectivity index (χ2v) is 8.20. The van der Waals surface area contributed by atoms with Gasteiger partial charge in [-0.25, -0.2) is 4.79 Å². The molecule has 9 nitrogen and oxygen atoms in total. The van der Waals surface area contributed by atoms with E-state index >= 15 is 0 Å². The fraction of sp³-hybridized carbons (Fsp3) is 0.417. The van der Waals surface area contributed by atoms with Gasteiger partial charge in [-0.1, -0.05) is 6.92 Å². The number of amides is 3. The molecule has 0 fully saturated rings. The van der Waals surface area contributed by atoms with Gasteiger partial charge in [0, 0.05) is 30.4 Å². The van der Waals surface area contributed by atoms with Gasteiger partial charge < -0.3 is 35.4 Å². The highest BCUT2D eigenvalue weighted by molar-refractivity contribution is 6.02. The van der Waals surface area contributed by atoms with Gasteiger partial charge in [0.15, 0.2) is 0 Å². The Morgan fingerprint density at radius 2 is 1.88 bits per heavy atom. The molecule has 0 bridgehead atoms. The third-order valence-corrected chi connectivity index (χ3v) is 5.68. The number of urea groups is 1. The zero-order valence-corrected chi connectivity index (χ0v) is 19.4. The maximum absolute atomic E-state index is 13.4. The van der Waals surface area contributed by atoms with Crippen LogP contribution in [0.4, 0.5) is 16.2 Å². The summed E-state index contributed by atoms with van der Waals surface area (Å²) in [5.74, 6) is 0.939. The molecule has 3 amide bonds. The summed E-state index contributed by atoms with van der Waals surface area (Å²) in [5.41, 5.74) is 1.39. The molecule has 178 valence electrons. The van der Waals surface area contributed by atoms with Crippen molar-refractivity contribution in [3.05, 3.63) is 48.0 Å². The Hall–Kier alpha value is -3.30. The van der Waals surface area contributed by atoms with Gasteiger partial charge in [-0.3, -0.25) is 4.79 Å². The number of carbonyl (C=O) groups excluding carboxylic acids is 2. The average Bonchev–Trinajstić information content (AvgIpc) is 2.81. The van der Waals surface area contributed by atoms with Gasteiger partial charge in [0.25, 0.3) is 5.91 Å². The second-order valence-electron chi connectivity index (χ2n) is 8.20. The Labute approximate surface area is 194 Å². The van der Waals surface area contributed by atoms with Crippen molar-refractivity contribution in [2.24, 2.45) is 5.92 Å². The van der Waals surface area contributed by atoms with E-state index in [-0.39, 0.29) is 30.6 Å². The molecule has 1 heterocycles. The largest absolute Gasteiger partial charge is 0.497 e. The van der Waals surface area contributed by atoms with E-state index < -0.39 is 6.03 Å². The summed E-state index contributed by atoms with van der Waals surface area (Å²) < 4.78 is 11.3. The van der Waals surface area contributed by atoms with Gasteiger partial charge in [-0.15, -0.1) is 0 Å². The number of likely N-dealkylation sites (N-methyl/N-ethyl adjacent to an activating group) is 1. The smallest absolute Gasteiger partial charge is 0.323 e. The maximum atomic E-state index is 13.4. The number of methoxy groups -OCH3 is 1. The fourth-order valence-corrected chi connectivity index (χ4v) is 3.71. The molecule has 33 heavy (non-hydrogen) atoms. The number of anilines is 2. The highest BCUT2D eigenvalue weighted by Gasteiger charge is 2.32. The lowest BCUT2D eigenvalue weighted by Gasteiger charge is -2.37. The van der Waals surface area contributed by atoms with Crippen molar-refractivity contribution in [3.63, 3.8) is 0 Å². The number of benzene rings is 2. The highest BCUT2D eigenvalue weighted by Crippen LogP contribution is 2.30. The van der Waals surface area contributed by atoms with E-state index in [0.29, 0.717) is 41.5 Å². The van der Waals surface area contributed by atoms with Crippen LogP contribution >= 0.6 is 0 Å². The summed E-state index contributed by atoms with van der Waals surface area (Å²) in [6, 6.07) is 11.2. The summed E-state index contributed by atoms with van der Waals surface area (Å²) in [6.07, 6.45) is -0.160. The quantitative estimate of drug-likeness (QED) is 0.510. The third-order valence-electron chi connectivity index (χ3n) is 5.68. The number of nitrogens with one attached hydrogen (secondary N) is 3. The van der Waals surface area contributed by atoms with Gasteiger partial charge >= 0.3 is 6.03 Å². The molecular formula is C24H32N4O5. The van der Waals surface area contributed by atoms with Gasteiger partial charge in [0.2, 0.25) is 0 Å². The van der Waals surface area contributed by atoms with Gasteiger partial charge in [0.05, 0.1) is 25.3 Å². The molecule has 4 N–H and O–H groups in total. The molecule has 0 aromatic heterocycles. The molecule has 0 saturated carbocycles. The van der Waals surface area contributed by atoms with Crippen LogP contribution in [0.25, 0.3) is 0 Å². The minimum atomic E-state index is -0.443. The molecule has 0 radical (unpaired) electrons. The summed E-state index contributed by atoms with van der Waals surface area (Å²) in [6.45, 7) is 4.75. The first kappa shape index (κ1) is 24.3. The molecule has 3 atom stereocenters. The fourth-order valence-electron chi connectivity index (χ4n) is 3.71. The number of carbonyl (C=O) groups is 2. The standard InChI is InChI=1S/C24H32N4O5/c1-15-13-28(16(2)14-29)23(30)20-11-18(7-10-21(20)33-22(15)12-25-3)27-24(31)26-17-5-8-19(32-4)9-6-17/h5-11,15-16,22,25,29H,12-14H2,1-4H3,(H2,26,27,31)/t15-,16+,22-/m1/s1. The zero-order chi connectivity index (χ0) is 24.0. The molecule has 2 aromatic rings. The number of hydrogen-bond donors (Lipinski definition) is 4. The normalized spacial score (nSPS) is 18.9. The van der Waals surface area contributed by atoms with Crippen molar-refractivity contribution in [1.29, 1.82) is 0 Å². The molecule has 2 aromatic carbocycles. The van der Waals surface area contributed by atoms with Crippen LogP contribution in [0.2, 0.25) is 0 Å². The van der Waals surface area contributed by atoms with Gasteiger partial charge in [-0.05, 0) is 56.4 Å². The highest BCUT2D eigenvalue weighted by atomic mass is 16.5. The number of aliphatic hydroxyl groups is 1. The molecule has 3 rings (SSSR count). The van der Waals surface area contributed by atoms with Gasteiger partial charge in [-0.2, -0.15) is 0 Å². The lowest BCUT2D eigenvalue weighted by molar-refractivity contribution is 0.0416. The minimum absolute atomic E-state index is 0.0524. The Balaban J connectivity index is 1.84. The van der Waals surface area contributed by atoms with Crippen LogP contribution in [0, 0.1) is 5.92 Å². The SMILES string of the molecule is CNC[C@H]1Oc2ccc(NC(=O)Nc3ccc(OC)cc3)cc2C(=O)N([C@@H](C)CO)C[C@H]1C. The Morgan fingerprint density at radius 1 is 1.21 bits per heavy atom.